The van der Waals surface area contributed by atoms with Crippen molar-refractivity contribution in [3.05, 3.63) is 78.7 Å². The van der Waals surface area contributed by atoms with Crippen molar-refractivity contribution in [3.8, 4) is 10.6 Å². The number of nitrogens with zero attached hydrogens (tertiary/aromatic N) is 1. The lowest BCUT2D eigenvalue weighted by Crippen LogP contribution is -2.34. The minimum atomic E-state index is -0.257. The number of carbonyl (C=O) groups is 1. The molecule has 0 fully saturated rings. The highest BCUT2D eigenvalue weighted by Gasteiger charge is 2.17. The molecule has 0 aliphatic heterocycles. The molecule has 0 saturated carbocycles. The zero-order chi connectivity index (χ0) is 21.3. The molecule has 30 heavy (non-hydrogen) atoms. The van der Waals surface area contributed by atoms with Crippen LogP contribution in [0, 0.1) is 3.57 Å². The number of amides is 1. The lowest BCUT2D eigenvalue weighted by molar-refractivity contribution is 0.0977. The summed E-state index contributed by atoms with van der Waals surface area (Å²) in [6.45, 7) is 0. The molecule has 0 unspecified atom stereocenters. The molecule has 150 valence electrons. The van der Waals surface area contributed by atoms with Crippen LogP contribution in [0.3, 0.4) is 0 Å². The van der Waals surface area contributed by atoms with E-state index in [1.165, 1.54) is 0 Å². The van der Waals surface area contributed by atoms with Crippen molar-refractivity contribution in [1.29, 1.82) is 0 Å². The van der Waals surface area contributed by atoms with Crippen molar-refractivity contribution in [2.45, 2.75) is 0 Å². The van der Waals surface area contributed by atoms with E-state index in [9.17, 15) is 4.79 Å². The lowest BCUT2D eigenvalue weighted by Gasteiger charge is -2.15. The highest BCUT2D eigenvalue weighted by atomic mass is 127. The fraction of sp³-hybridized carbons (Fsp3) is 0. The molecular formula is C21H12Br2IN3OS2. The maximum Gasteiger partial charge on any atom is 0.258 e. The van der Waals surface area contributed by atoms with Gasteiger partial charge in [0, 0.05) is 18.1 Å². The molecule has 0 atom stereocenters. The molecule has 1 aromatic heterocycles. The molecule has 0 saturated heterocycles. The lowest BCUT2D eigenvalue weighted by atomic mass is 10.2. The number of benzene rings is 3. The number of anilines is 1. The molecule has 1 amide bonds. The van der Waals surface area contributed by atoms with Gasteiger partial charge in [0.05, 0.1) is 21.5 Å². The molecule has 2 N–H and O–H groups in total. The minimum Gasteiger partial charge on any atom is -0.331 e. The summed E-state index contributed by atoms with van der Waals surface area (Å²) >= 11 is 16.3. The third-order valence-corrected chi connectivity index (χ3v) is 7.46. The van der Waals surface area contributed by atoms with Crippen LogP contribution in [0.4, 0.5) is 5.69 Å². The molecule has 1 heterocycles. The Balaban J connectivity index is 1.65. The molecule has 0 bridgehead atoms. The molecule has 3 aromatic carbocycles. The van der Waals surface area contributed by atoms with Crippen molar-refractivity contribution in [2.75, 3.05) is 5.32 Å². The Kier molecular flexibility index (Phi) is 6.83. The first kappa shape index (κ1) is 21.8. The van der Waals surface area contributed by atoms with Crippen LogP contribution < -0.4 is 10.6 Å². The summed E-state index contributed by atoms with van der Waals surface area (Å²) in [5, 5.41) is 6.99. The van der Waals surface area contributed by atoms with E-state index < -0.39 is 0 Å². The number of para-hydroxylation sites is 1. The van der Waals surface area contributed by atoms with Gasteiger partial charge in [0.15, 0.2) is 5.11 Å². The number of rotatable bonds is 3. The molecule has 0 aliphatic carbocycles. The van der Waals surface area contributed by atoms with Crippen molar-refractivity contribution in [1.82, 2.24) is 10.3 Å². The van der Waals surface area contributed by atoms with Gasteiger partial charge in [0.25, 0.3) is 5.91 Å². The Bertz CT molecular complexity index is 1260. The van der Waals surface area contributed by atoms with Crippen LogP contribution in [0.15, 0.2) is 69.6 Å². The van der Waals surface area contributed by atoms with Gasteiger partial charge in [-0.1, -0.05) is 40.2 Å². The molecule has 0 radical (unpaired) electrons. The number of thiocarbonyl (C=S) groups is 1. The van der Waals surface area contributed by atoms with Crippen LogP contribution in [0.2, 0.25) is 0 Å². The fourth-order valence-electron chi connectivity index (χ4n) is 2.82. The van der Waals surface area contributed by atoms with Crippen LogP contribution in [0.5, 0.6) is 0 Å². The van der Waals surface area contributed by atoms with Crippen molar-refractivity contribution in [3.63, 3.8) is 0 Å². The summed E-state index contributed by atoms with van der Waals surface area (Å²) in [5.41, 5.74) is 3.13. The number of aromatic nitrogens is 1. The summed E-state index contributed by atoms with van der Waals surface area (Å²) in [6, 6.07) is 19.3. The normalized spacial score (nSPS) is 10.8. The summed E-state index contributed by atoms with van der Waals surface area (Å²) in [4.78, 5) is 17.4. The van der Waals surface area contributed by atoms with E-state index in [4.69, 9.17) is 17.2 Å². The van der Waals surface area contributed by atoms with Gasteiger partial charge in [0.1, 0.15) is 5.01 Å². The monoisotopic (exact) mass is 671 g/mol. The highest BCUT2D eigenvalue weighted by molar-refractivity contribution is 14.1. The van der Waals surface area contributed by atoms with E-state index in [2.05, 4.69) is 65.1 Å². The van der Waals surface area contributed by atoms with Gasteiger partial charge >= 0.3 is 0 Å². The van der Waals surface area contributed by atoms with E-state index in [1.54, 1.807) is 17.4 Å². The highest BCUT2D eigenvalue weighted by Crippen LogP contribution is 2.40. The maximum absolute atomic E-state index is 12.6. The molecule has 4 nitrogen and oxygen atoms in total. The standard InChI is InChI=1S/C21H12Br2IN3OS2/c22-11-9-13(20-25-16-7-3-4-8-17(16)30-20)18(14(23)10-11)26-21(29)27-19(28)12-5-1-2-6-15(12)24/h1-10H,(H2,26,27,28,29). The molecule has 0 spiro atoms. The molecule has 9 heteroatoms. The second-order valence-electron chi connectivity index (χ2n) is 6.19. The predicted octanol–water partition coefficient (Wildman–Crippen LogP) is 7.22. The average molecular weight is 673 g/mol. The smallest absolute Gasteiger partial charge is 0.258 e. The van der Waals surface area contributed by atoms with Gasteiger partial charge in [-0.15, -0.1) is 11.3 Å². The Morgan fingerprint density at radius 1 is 1.07 bits per heavy atom. The summed E-state index contributed by atoms with van der Waals surface area (Å²) in [6.07, 6.45) is 0. The summed E-state index contributed by atoms with van der Waals surface area (Å²) < 4.78 is 3.67. The quantitative estimate of drug-likeness (QED) is 0.178. The molecule has 0 aliphatic rings. The zero-order valence-electron chi connectivity index (χ0n) is 15.1. The fourth-order valence-corrected chi connectivity index (χ4v) is 5.96. The van der Waals surface area contributed by atoms with Gasteiger partial charge in [-0.3, -0.25) is 10.1 Å². The van der Waals surface area contributed by atoms with Crippen LogP contribution >= 0.6 is 78.0 Å². The van der Waals surface area contributed by atoms with Crippen LogP contribution in [0.25, 0.3) is 20.8 Å². The Morgan fingerprint density at radius 3 is 2.57 bits per heavy atom. The number of halogens is 3. The second-order valence-corrected chi connectivity index (χ2v) is 10.6. The van der Waals surface area contributed by atoms with E-state index in [0.29, 0.717) is 5.56 Å². The van der Waals surface area contributed by atoms with E-state index >= 15 is 0 Å². The van der Waals surface area contributed by atoms with E-state index in [1.807, 2.05) is 54.6 Å². The third kappa shape index (κ3) is 4.75. The maximum atomic E-state index is 12.6. The largest absolute Gasteiger partial charge is 0.331 e. The van der Waals surface area contributed by atoms with Crippen LogP contribution in [-0.2, 0) is 0 Å². The summed E-state index contributed by atoms with van der Waals surface area (Å²) in [7, 11) is 0. The zero-order valence-corrected chi connectivity index (χ0v) is 22.0. The molecular weight excluding hydrogens is 661 g/mol. The van der Waals surface area contributed by atoms with Gasteiger partial charge in [-0.05, 0) is 87.1 Å². The minimum absolute atomic E-state index is 0.213. The second kappa shape index (κ2) is 9.39. The Hall–Kier alpha value is -1.40. The van der Waals surface area contributed by atoms with E-state index in [0.717, 1.165) is 39.0 Å². The third-order valence-electron chi connectivity index (χ3n) is 4.16. The summed E-state index contributed by atoms with van der Waals surface area (Å²) in [5.74, 6) is -0.257. The Morgan fingerprint density at radius 2 is 1.80 bits per heavy atom. The molecule has 4 rings (SSSR count). The van der Waals surface area contributed by atoms with Gasteiger partial charge in [-0.25, -0.2) is 4.98 Å². The van der Waals surface area contributed by atoms with Crippen molar-refractivity contribution < 1.29 is 4.79 Å². The van der Waals surface area contributed by atoms with Crippen molar-refractivity contribution >= 4 is 105 Å². The number of carbonyl (C=O) groups excluding carboxylic acids is 1. The van der Waals surface area contributed by atoms with Crippen LogP contribution in [-0.4, -0.2) is 16.0 Å². The topological polar surface area (TPSA) is 54.0 Å². The van der Waals surface area contributed by atoms with Gasteiger partial charge in [0.2, 0.25) is 0 Å². The number of nitrogens with one attached hydrogen (secondary N) is 2. The Labute approximate surface area is 212 Å². The SMILES string of the molecule is O=C(NC(=S)Nc1c(Br)cc(Br)cc1-c1nc2ccccc2s1)c1ccccc1I. The van der Waals surface area contributed by atoms with Crippen LogP contribution in [0.1, 0.15) is 10.4 Å². The molecule has 4 aromatic rings. The first-order chi connectivity index (χ1) is 14.4. The number of hydrogen-bond donors (Lipinski definition) is 2. The number of hydrogen-bond acceptors (Lipinski definition) is 4. The van der Waals surface area contributed by atoms with Crippen molar-refractivity contribution in [2.24, 2.45) is 0 Å². The first-order valence-corrected chi connectivity index (χ1v) is 12.5. The average Bonchev–Trinajstić information content (AvgIpc) is 3.14. The van der Waals surface area contributed by atoms with Gasteiger partial charge in [-0.2, -0.15) is 0 Å². The van der Waals surface area contributed by atoms with Gasteiger partial charge < -0.3 is 5.32 Å². The predicted molar refractivity (Wildman–Crippen MR) is 143 cm³/mol. The number of fused-ring (bicyclic) bond motifs is 1. The van der Waals surface area contributed by atoms with E-state index in [-0.39, 0.29) is 11.0 Å². The number of thiazole rings is 1. The first-order valence-electron chi connectivity index (χ1n) is 8.64.